The Morgan fingerprint density at radius 1 is 1.17 bits per heavy atom. The van der Waals surface area contributed by atoms with Gasteiger partial charge in [0.2, 0.25) is 0 Å². The van der Waals surface area contributed by atoms with Crippen LogP contribution in [0.3, 0.4) is 0 Å². The van der Waals surface area contributed by atoms with Gasteiger partial charge in [-0.3, -0.25) is 4.90 Å². The topological polar surface area (TPSA) is 58.7 Å². The molecule has 0 aliphatic heterocycles. The Kier molecular flexibility index (Phi) is 6.44. The summed E-state index contributed by atoms with van der Waals surface area (Å²) in [7, 11) is 1.59. The maximum absolute atomic E-state index is 10.4. The number of rotatable bonds is 8. The molecule has 0 saturated heterocycles. The number of aliphatic hydroxyl groups excluding tert-OH is 1. The standard InChI is InChI=1S/C19H26N2O2/c1-3-21(14-15-7-5-4-6-8-15)12-11-18(22)16-9-10-19(23-2)17(20)13-16/h4-10,13,18,22H,3,11-12,14,20H2,1-2H3. The van der Waals surface area contributed by atoms with Crippen molar-refractivity contribution in [3.63, 3.8) is 0 Å². The highest BCUT2D eigenvalue weighted by Crippen LogP contribution is 2.26. The van der Waals surface area contributed by atoms with E-state index in [2.05, 4.69) is 36.1 Å². The molecule has 2 aromatic rings. The Morgan fingerprint density at radius 3 is 2.52 bits per heavy atom. The number of aliphatic hydroxyl groups is 1. The molecule has 124 valence electrons. The summed E-state index contributed by atoms with van der Waals surface area (Å²) in [6, 6.07) is 15.8. The second-order valence-corrected chi connectivity index (χ2v) is 5.66. The predicted octanol–water partition coefficient (Wildman–Crippen LogP) is 3.22. The Morgan fingerprint density at radius 2 is 1.91 bits per heavy atom. The molecule has 2 rings (SSSR count). The highest BCUT2D eigenvalue weighted by molar-refractivity contribution is 5.54. The number of anilines is 1. The van der Waals surface area contributed by atoms with Crippen LogP contribution in [0.1, 0.15) is 30.6 Å². The Balaban J connectivity index is 1.91. The van der Waals surface area contributed by atoms with Crippen molar-refractivity contribution in [2.24, 2.45) is 0 Å². The number of hydrogen-bond acceptors (Lipinski definition) is 4. The number of methoxy groups -OCH3 is 1. The first kappa shape index (κ1) is 17.3. The fourth-order valence-corrected chi connectivity index (χ4v) is 2.62. The summed E-state index contributed by atoms with van der Waals surface area (Å²) in [5.41, 5.74) is 8.59. The summed E-state index contributed by atoms with van der Waals surface area (Å²) in [5, 5.41) is 10.4. The van der Waals surface area contributed by atoms with Gasteiger partial charge in [-0.2, -0.15) is 0 Å². The molecule has 4 nitrogen and oxygen atoms in total. The molecule has 0 heterocycles. The van der Waals surface area contributed by atoms with Gasteiger partial charge >= 0.3 is 0 Å². The van der Waals surface area contributed by atoms with E-state index in [4.69, 9.17) is 10.5 Å². The molecule has 23 heavy (non-hydrogen) atoms. The largest absolute Gasteiger partial charge is 0.495 e. The third-order valence-corrected chi connectivity index (χ3v) is 4.05. The molecular formula is C19H26N2O2. The Hall–Kier alpha value is -2.04. The van der Waals surface area contributed by atoms with Gasteiger partial charge in [0.15, 0.2) is 0 Å². The summed E-state index contributed by atoms with van der Waals surface area (Å²) < 4.78 is 5.15. The third-order valence-electron chi connectivity index (χ3n) is 4.05. The second-order valence-electron chi connectivity index (χ2n) is 5.66. The van der Waals surface area contributed by atoms with Crippen LogP contribution < -0.4 is 10.5 Å². The van der Waals surface area contributed by atoms with Crippen LogP contribution in [0.2, 0.25) is 0 Å². The molecule has 1 unspecified atom stereocenters. The van der Waals surface area contributed by atoms with Gasteiger partial charge in [-0.1, -0.05) is 43.3 Å². The molecule has 0 aliphatic rings. The van der Waals surface area contributed by atoms with Crippen molar-refractivity contribution in [2.75, 3.05) is 25.9 Å². The van der Waals surface area contributed by atoms with Crippen molar-refractivity contribution < 1.29 is 9.84 Å². The van der Waals surface area contributed by atoms with Crippen molar-refractivity contribution in [3.05, 3.63) is 59.7 Å². The minimum absolute atomic E-state index is 0.520. The minimum Gasteiger partial charge on any atom is -0.495 e. The molecular weight excluding hydrogens is 288 g/mol. The predicted molar refractivity (Wildman–Crippen MR) is 94.4 cm³/mol. The van der Waals surface area contributed by atoms with E-state index >= 15 is 0 Å². The highest BCUT2D eigenvalue weighted by Gasteiger charge is 2.12. The lowest BCUT2D eigenvalue weighted by Gasteiger charge is -2.22. The molecule has 0 bridgehead atoms. The van der Waals surface area contributed by atoms with Crippen LogP contribution in [0, 0.1) is 0 Å². The molecule has 4 heteroatoms. The van der Waals surface area contributed by atoms with Crippen LogP contribution >= 0.6 is 0 Å². The number of nitrogen functional groups attached to an aromatic ring is 1. The van der Waals surface area contributed by atoms with E-state index in [9.17, 15) is 5.11 Å². The summed E-state index contributed by atoms with van der Waals surface area (Å²) in [6.45, 7) is 4.82. The monoisotopic (exact) mass is 314 g/mol. The number of nitrogens with zero attached hydrogens (tertiary/aromatic N) is 1. The third kappa shape index (κ3) is 4.98. The van der Waals surface area contributed by atoms with Gasteiger partial charge in [0.25, 0.3) is 0 Å². The average molecular weight is 314 g/mol. The maximum Gasteiger partial charge on any atom is 0.141 e. The van der Waals surface area contributed by atoms with Crippen LogP contribution in [0.5, 0.6) is 5.75 Å². The number of hydrogen-bond donors (Lipinski definition) is 2. The highest BCUT2D eigenvalue weighted by atomic mass is 16.5. The lowest BCUT2D eigenvalue weighted by molar-refractivity contribution is 0.141. The second kappa shape index (κ2) is 8.56. The lowest BCUT2D eigenvalue weighted by Crippen LogP contribution is -2.25. The van der Waals surface area contributed by atoms with Crippen molar-refractivity contribution in [2.45, 2.75) is 26.0 Å². The Bertz CT molecular complexity index is 602. The molecule has 0 radical (unpaired) electrons. The Labute approximate surface area is 138 Å². The summed E-state index contributed by atoms with van der Waals surface area (Å²) >= 11 is 0. The van der Waals surface area contributed by atoms with Crippen molar-refractivity contribution >= 4 is 5.69 Å². The van der Waals surface area contributed by atoms with Crippen LogP contribution in [0.25, 0.3) is 0 Å². The smallest absolute Gasteiger partial charge is 0.141 e. The first-order valence-electron chi connectivity index (χ1n) is 8.01. The fourth-order valence-electron chi connectivity index (χ4n) is 2.62. The molecule has 0 saturated carbocycles. The summed E-state index contributed by atoms with van der Waals surface area (Å²) in [6.07, 6.45) is 0.153. The van der Waals surface area contributed by atoms with Gasteiger partial charge in [0.05, 0.1) is 18.9 Å². The summed E-state index contributed by atoms with van der Waals surface area (Å²) in [5.74, 6) is 0.639. The van der Waals surface area contributed by atoms with E-state index < -0.39 is 6.10 Å². The maximum atomic E-state index is 10.4. The minimum atomic E-state index is -0.520. The number of benzene rings is 2. The van der Waals surface area contributed by atoms with Gasteiger partial charge in [0, 0.05) is 13.1 Å². The van der Waals surface area contributed by atoms with Gasteiger partial charge in [-0.15, -0.1) is 0 Å². The molecule has 1 atom stereocenters. The van der Waals surface area contributed by atoms with Gasteiger partial charge < -0.3 is 15.6 Å². The van der Waals surface area contributed by atoms with Crippen LogP contribution in [-0.4, -0.2) is 30.2 Å². The lowest BCUT2D eigenvalue weighted by atomic mass is 10.0. The molecule has 2 aromatic carbocycles. The van der Waals surface area contributed by atoms with Crippen LogP contribution in [0.15, 0.2) is 48.5 Å². The van der Waals surface area contributed by atoms with E-state index in [0.717, 1.165) is 25.2 Å². The average Bonchev–Trinajstić information content (AvgIpc) is 2.59. The molecule has 0 spiro atoms. The quantitative estimate of drug-likeness (QED) is 0.735. The van der Waals surface area contributed by atoms with E-state index in [0.29, 0.717) is 17.9 Å². The van der Waals surface area contributed by atoms with Gasteiger partial charge in [0.1, 0.15) is 5.75 Å². The first-order chi connectivity index (χ1) is 11.1. The SMILES string of the molecule is CCN(CCC(O)c1ccc(OC)c(N)c1)Cc1ccccc1. The van der Waals surface area contributed by atoms with E-state index in [1.807, 2.05) is 12.1 Å². The van der Waals surface area contributed by atoms with Gasteiger partial charge in [-0.05, 0) is 36.2 Å². The number of nitrogens with two attached hydrogens (primary N) is 1. The zero-order valence-electron chi connectivity index (χ0n) is 13.9. The molecule has 0 fully saturated rings. The molecule has 0 amide bonds. The normalized spacial score (nSPS) is 12.3. The van der Waals surface area contributed by atoms with Crippen LogP contribution in [0.4, 0.5) is 5.69 Å². The van der Waals surface area contributed by atoms with Crippen molar-refractivity contribution in [1.29, 1.82) is 0 Å². The zero-order chi connectivity index (χ0) is 16.7. The van der Waals surface area contributed by atoms with Crippen LogP contribution in [-0.2, 0) is 6.54 Å². The zero-order valence-corrected chi connectivity index (χ0v) is 13.9. The fraction of sp³-hybridized carbons (Fsp3) is 0.368. The first-order valence-corrected chi connectivity index (χ1v) is 8.01. The van der Waals surface area contributed by atoms with E-state index in [1.54, 1.807) is 19.2 Å². The number of ether oxygens (including phenoxy) is 1. The molecule has 3 N–H and O–H groups in total. The van der Waals surface area contributed by atoms with E-state index in [1.165, 1.54) is 5.56 Å². The van der Waals surface area contributed by atoms with Gasteiger partial charge in [-0.25, -0.2) is 0 Å². The molecule has 0 aromatic heterocycles. The molecule has 0 aliphatic carbocycles. The summed E-state index contributed by atoms with van der Waals surface area (Å²) in [4.78, 5) is 2.32. The van der Waals surface area contributed by atoms with Crippen molar-refractivity contribution in [1.82, 2.24) is 4.90 Å². The van der Waals surface area contributed by atoms with Crippen molar-refractivity contribution in [3.8, 4) is 5.75 Å². The van der Waals surface area contributed by atoms with E-state index in [-0.39, 0.29) is 0 Å².